The third-order valence-electron chi connectivity index (χ3n) is 5.52. The fraction of sp³-hybridized carbons (Fsp3) is 0.154. The highest BCUT2D eigenvalue weighted by Crippen LogP contribution is 2.23. The van der Waals surface area contributed by atoms with Crippen LogP contribution in [0.1, 0.15) is 29.8 Å². The number of nitrogens with zero attached hydrogens (tertiary/aromatic N) is 3. The van der Waals surface area contributed by atoms with Crippen molar-refractivity contribution in [1.82, 2.24) is 19.9 Å². The summed E-state index contributed by atoms with van der Waals surface area (Å²) in [6.07, 6.45) is 8.42. The first kappa shape index (κ1) is 22.0. The van der Waals surface area contributed by atoms with Crippen molar-refractivity contribution in [3.05, 3.63) is 96.1 Å². The number of aromatic nitrogens is 3. The standard InChI is InChI=1S/C26H25N5O2/c1-18(23-16-21-5-3-4-6-22(21)29-23)31(2)26(33)10-8-20-7-9-24(28-17-20)30-25(32)15-19-11-13-27-14-12-19/h3-14,16-18,29H,15H2,1-2H3,(H,28,30,32)/b10-8+. The van der Waals surface area contributed by atoms with Crippen LogP contribution in [0.2, 0.25) is 0 Å². The van der Waals surface area contributed by atoms with Gasteiger partial charge in [-0.1, -0.05) is 18.2 Å². The Labute approximate surface area is 192 Å². The van der Waals surface area contributed by atoms with Gasteiger partial charge in [-0.05, 0) is 65.9 Å². The molecule has 1 atom stereocenters. The zero-order valence-electron chi connectivity index (χ0n) is 18.5. The van der Waals surface area contributed by atoms with E-state index in [2.05, 4.69) is 26.3 Å². The first-order valence-electron chi connectivity index (χ1n) is 10.7. The lowest BCUT2D eigenvalue weighted by Crippen LogP contribution is -2.28. The second-order valence-corrected chi connectivity index (χ2v) is 7.83. The Morgan fingerprint density at radius 1 is 1.12 bits per heavy atom. The average Bonchev–Trinajstić information content (AvgIpc) is 3.27. The van der Waals surface area contributed by atoms with Gasteiger partial charge in [-0.15, -0.1) is 0 Å². The van der Waals surface area contributed by atoms with Gasteiger partial charge < -0.3 is 15.2 Å². The number of carbonyl (C=O) groups is 2. The third-order valence-corrected chi connectivity index (χ3v) is 5.52. The number of hydrogen-bond donors (Lipinski definition) is 2. The lowest BCUT2D eigenvalue weighted by atomic mass is 10.2. The lowest BCUT2D eigenvalue weighted by Gasteiger charge is -2.22. The maximum absolute atomic E-state index is 12.7. The smallest absolute Gasteiger partial charge is 0.246 e. The zero-order valence-corrected chi connectivity index (χ0v) is 18.5. The van der Waals surface area contributed by atoms with E-state index in [1.54, 1.807) is 60.9 Å². The van der Waals surface area contributed by atoms with Gasteiger partial charge in [-0.2, -0.15) is 0 Å². The summed E-state index contributed by atoms with van der Waals surface area (Å²) in [6.45, 7) is 1.99. The van der Waals surface area contributed by atoms with Gasteiger partial charge in [0.25, 0.3) is 0 Å². The van der Waals surface area contributed by atoms with Crippen LogP contribution >= 0.6 is 0 Å². The number of carbonyl (C=O) groups excluding carboxylic acids is 2. The maximum atomic E-state index is 12.7. The number of para-hydroxylation sites is 1. The van der Waals surface area contributed by atoms with Crippen molar-refractivity contribution in [2.24, 2.45) is 0 Å². The van der Waals surface area contributed by atoms with Crippen molar-refractivity contribution in [1.29, 1.82) is 0 Å². The molecule has 7 heteroatoms. The van der Waals surface area contributed by atoms with E-state index in [9.17, 15) is 9.59 Å². The van der Waals surface area contributed by atoms with Crippen molar-refractivity contribution in [3.8, 4) is 0 Å². The van der Waals surface area contributed by atoms with Crippen molar-refractivity contribution in [3.63, 3.8) is 0 Å². The number of anilines is 1. The molecule has 0 bridgehead atoms. The Morgan fingerprint density at radius 2 is 1.91 bits per heavy atom. The Balaban J connectivity index is 1.34. The summed E-state index contributed by atoms with van der Waals surface area (Å²) in [5.41, 5.74) is 3.68. The van der Waals surface area contributed by atoms with Gasteiger partial charge in [-0.3, -0.25) is 14.6 Å². The van der Waals surface area contributed by atoms with E-state index in [1.165, 1.54) is 6.08 Å². The number of hydrogen-bond acceptors (Lipinski definition) is 4. The van der Waals surface area contributed by atoms with Crippen LogP contribution in [0.5, 0.6) is 0 Å². The Morgan fingerprint density at radius 3 is 2.64 bits per heavy atom. The minimum Gasteiger partial charge on any atom is -0.357 e. The number of fused-ring (bicyclic) bond motifs is 1. The highest BCUT2D eigenvalue weighted by Gasteiger charge is 2.17. The van der Waals surface area contributed by atoms with Crippen LogP contribution in [0.15, 0.2) is 79.3 Å². The number of aromatic amines is 1. The van der Waals surface area contributed by atoms with E-state index in [0.717, 1.165) is 27.7 Å². The summed E-state index contributed by atoms with van der Waals surface area (Å²) in [7, 11) is 1.78. The molecule has 1 unspecified atom stereocenters. The number of benzene rings is 1. The molecule has 4 aromatic rings. The topological polar surface area (TPSA) is 91.0 Å². The molecule has 33 heavy (non-hydrogen) atoms. The van der Waals surface area contributed by atoms with Gasteiger partial charge in [0.1, 0.15) is 5.82 Å². The van der Waals surface area contributed by atoms with Crippen LogP contribution in [-0.2, 0) is 16.0 Å². The van der Waals surface area contributed by atoms with Crippen LogP contribution < -0.4 is 5.32 Å². The molecule has 1 aromatic carbocycles. The van der Waals surface area contributed by atoms with Gasteiger partial charge in [0, 0.05) is 42.9 Å². The average molecular weight is 440 g/mol. The molecule has 0 aliphatic carbocycles. The monoisotopic (exact) mass is 439 g/mol. The SMILES string of the molecule is CC(c1cc2ccccc2[nH]1)N(C)C(=O)/C=C/c1ccc(NC(=O)Cc2ccncc2)nc1. The largest absolute Gasteiger partial charge is 0.357 e. The predicted octanol–water partition coefficient (Wildman–Crippen LogP) is 4.37. The van der Waals surface area contributed by atoms with E-state index in [-0.39, 0.29) is 24.3 Å². The third kappa shape index (κ3) is 5.51. The molecule has 0 fully saturated rings. The van der Waals surface area contributed by atoms with Crippen LogP contribution in [-0.4, -0.2) is 38.7 Å². The first-order valence-corrected chi connectivity index (χ1v) is 10.7. The molecule has 166 valence electrons. The fourth-order valence-corrected chi connectivity index (χ4v) is 3.46. The molecule has 4 rings (SSSR count). The van der Waals surface area contributed by atoms with Gasteiger partial charge in [0.15, 0.2) is 0 Å². The zero-order chi connectivity index (χ0) is 23.2. The van der Waals surface area contributed by atoms with Gasteiger partial charge in [-0.25, -0.2) is 4.98 Å². The fourth-order valence-electron chi connectivity index (χ4n) is 3.46. The Hall–Kier alpha value is -4.26. The van der Waals surface area contributed by atoms with Crippen molar-refractivity contribution in [2.75, 3.05) is 12.4 Å². The van der Waals surface area contributed by atoms with Crippen molar-refractivity contribution in [2.45, 2.75) is 19.4 Å². The van der Waals surface area contributed by atoms with E-state index < -0.39 is 0 Å². The van der Waals surface area contributed by atoms with Gasteiger partial charge >= 0.3 is 0 Å². The maximum Gasteiger partial charge on any atom is 0.246 e. The number of likely N-dealkylation sites (N-methyl/N-ethyl adjacent to an activating group) is 1. The lowest BCUT2D eigenvalue weighted by molar-refractivity contribution is -0.126. The summed E-state index contributed by atoms with van der Waals surface area (Å²) in [6, 6.07) is 17.1. The van der Waals surface area contributed by atoms with Crippen LogP contribution in [0.3, 0.4) is 0 Å². The van der Waals surface area contributed by atoms with Crippen LogP contribution in [0.25, 0.3) is 17.0 Å². The van der Waals surface area contributed by atoms with E-state index in [0.29, 0.717) is 5.82 Å². The molecule has 3 heterocycles. The van der Waals surface area contributed by atoms with E-state index in [4.69, 9.17) is 0 Å². The second kappa shape index (κ2) is 9.91. The molecule has 0 aliphatic rings. The summed E-state index contributed by atoms with van der Waals surface area (Å²) >= 11 is 0. The molecule has 0 spiro atoms. The van der Waals surface area contributed by atoms with E-state index in [1.807, 2.05) is 31.2 Å². The number of nitrogens with one attached hydrogen (secondary N) is 2. The van der Waals surface area contributed by atoms with Crippen LogP contribution in [0.4, 0.5) is 5.82 Å². The Kier molecular flexibility index (Phi) is 6.59. The summed E-state index contributed by atoms with van der Waals surface area (Å²) in [5, 5.41) is 3.89. The number of H-pyrrole nitrogens is 1. The second-order valence-electron chi connectivity index (χ2n) is 7.83. The molecule has 0 radical (unpaired) electrons. The molecule has 2 N–H and O–H groups in total. The van der Waals surface area contributed by atoms with Crippen molar-refractivity contribution >= 4 is 34.6 Å². The molecule has 3 aromatic heterocycles. The number of pyridine rings is 2. The van der Waals surface area contributed by atoms with Gasteiger partial charge in [0.2, 0.25) is 11.8 Å². The summed E-state index contributed by atoms with van der Waals surface area (Å²) in [5.74, 6) is 0.192. The summed E-state index contributed by atoms with van der Waals surface area (Å²) in [4.78, 5) is 38.1. The highest BCUT2D eigenvalue weighted by atomic mass is 16.2. The number of rotatable bonds is 7. The molecule has 0 saturated carbocycles. The predicted molar refractivity (Wildman–Crippen MR) is 129 cm³/mol. The van der Waals surface area contributed by atoms with Crippen LogP contribution in [0, 0.1) is 0 Å². The van der Waals surface area contributed by atoms with E-state index >= 15 is 0 Å². The van der Waals surface area contributed by atoms with Gasteiger partial charge in [0.05, 0.1) is 12.5 Å². The molecular formula is C26H25N5O2. The minimum absolute atomic E-state index is 0.106. The first-order chi connectivity index (χ1) is 16.0. The highest BCUT2D eigenvalue weighted by molar-refractivity contribution is 5.93. The van der Waals surface area contributed by atoms with Crippen molar-refractivity contribution < 1.29 is 9.59 Å². The normalized spacial score (nSPS) is 12.1. The molecular weight excluding hydrogens is 414 g/mol. The molecule has 7 nitrogen and oxygen atoms in total. The Bertz CT molecular complexity index is 1250. The summed E-state index contributed by atoms with van der Waals surface area (Å²) < 4.78 is 0. The minimum atomic E-state index is -0.153. The number of amides is 2. The molecule has 2 amide bonds. The molecule has 0 saturated heterocycles. The quantitative estimate of drug-likeness (QED) is 0.418. The molecule has 0 aliphatic heterocycles.